The number of rotatable bonds is 4. The van der Waals surface area contributed by atoms with Crippen molar-refractivity contribution in [3.8, 4) is 6.07 Å². The van der Waals surface area contributed by atoms with Crippen molar-refractivity contribution in [2.45, 2.75) is 68.4 Å². The molecular formula is C39H59N7. The van der Waals surface area contributed by atoms with Crippen molar-refractivity contribution in [3.63, 3.8) is 0 Å². The average molecular weight is 626 g/mol. The van der Waals surface area contributed by atoms with Crippen molar-refractivity contribution in [1.82, 2.24) is 14.8 Å². The first kappa shape index (κ1) is 36.7. The summed E-state index contributed by atoms with van der Waals surface area (Å²) in [5.74, 6) is 2.79. The maximum atomic E-state index is 10.5. The number of piperazine rings is 2. The molecule has 2 saturated heterocycles. The molecule has 2 fully saturated rings. The number of benzene rings is 2. The van der Waals surface area contributed by atoms with Crippen LogP contribution in [0.15, 0.2) is 54.7 Å². The van der Waals surface area contributed by atoms with Crippen LogP contribution in [-0.4, -0.2) is 80.7 Å². The highest BCUT2D eigenvalue weighted by atomic mass is 15.3. The van der Waals surface area contributed by atoms with Gasteiger partial charge >= 0.3 is 0 Å². The molecule has 3 aromatic rings. The first-order valence-corrected chi connectivity index (χ1v) is 17.5. The van der Waals surface area contributed by atoms with Gasteiger partial charge in [-0.25, -0.2) is 4.98 Å². The summed E-state index contributed by atoms with van der Waals surface area (Å²) >= 11 is 0. The van der Waals surface area contributed by atoms with Gasteiger partial charge in [0.05, 0.1) is 5.56 Å². The fourth-order valence-corrected chi connectivity index (χ4v) is 6.21. The second-order valence-corrected chi connectivity index (χ2v) is 12.6. The topological polar surface area (TPSA) is 52.9 Å². The predicted molar refractivity (Wildman–Crippen MR) is 199 cm³/mol. The van der Waals surface area contributed by atoms with E-state index in [0.29, 0.717) is 0 Å². The molecule has 0 radical (unpaired) electrons. The van der Waals surface area contributed by atoms with Gasteiger partial charge in [-0.15, -0.1) is 0 Å². The molecule has 0 unspecified atom stereocenters. The highest BCUT2D eigenvalue weighted by molar-refractivity contribution is 5.94. The number of fused-ring (bicyclic) bond motifs is 2. The van der Waals surface area contributed by atoms with Gasteiger partial charge in [0, 0.05) is 87.8 Å². The van der Waals surface area contributed by atoms with Gasteiger partial charge < -0.3 is 24.5 Å². The Morgan fingerprint density at radius 3 is 1.93 bits per heavy atom. The number of nitrogens with zero attached hydrogens (tertiary/aromatic N) is 7. The lowest BCUT2D eigenvalue weighted by Gasteiger charge is -2.41. The van der Waals surface area contributed by atoms with Crippen molar-refractivity contribution in [1.29, 1.82) is 5.26 Å². The van der Waals surface area contributed by atoms with E-state index in [4.69, 9.17) is 4.98 Å². The molecular weight excluding hydrogens is 566 g/mol. The first-order chi connectivity index (χ1) is 22.3. The maximum absolute atomic E-state index is 10.5. The summed E-state index contributed by atoms with van der Waals surface area (Å²) in [6, 6.07) is 17.7. The lowest BCUT2D eigenvalue weighted by Crippen LogP contribution is -2.48. The minimum Gasteiger partial charge on any atom is -0.372 e. The van der Waals surface area contributed by atoms with Crippen LogP contribution in [0.5, 0.6) is 0 Å². The largest absolute Gasteiger partial charge is 0.372 e. The zero-order chi connectivity index (χ0) is 33.8. The molecule has 3 aliphatic rings. The van der Waals surface area contributed by atoms with Crippen molar-refractivity contribution >= 4 is 28.1 Å². The van der Waals surface area contributed by atoms with E-state index in [-0.39, 0.29) is 0 Å². The van der Waals surface area contributed by atoms with E-state index >= 15 is 0 Å². The molecule has 4 heterocycles. The number of hydrogen-bond acceptors (Lipinski definition) is 7. The zero-order valence-corrected chi connectivity index (χ0v) is 30.2. The van der Waals surface area contributed by atoms with Gasteiger partial charge in [-0.05, 0) is 43.3 Å². The second-order valence-electron chi connectivity index (χ2n) is 12.6. The first-order valence-electron chi connectivity index (χ1n) is 17.5. The highest BCUT2D eigenvalue weighted by Gasteiger charge is 2.32. The van der Waals surface area contributed by atoms with E-state index in [1.165, 1.54) is 22.0 Å². The van der Waals surface area contributed by atoms with Crippen LogP contribution in [-0.2, 0) is 13.0 Å². The Bertz CT molecular complexity index is 1430. The number of pyridine rings is 1. The lowest BCUT2D eigenvalue weighted by molar-refractivity contribution is 0.311. The summed E-state index contributed by atoms with van der Waals surface area (Å²) in [6.45, 7) is 29.9. The van der Waals surface area contributed by atoms with Crippen LogP contribution in [0, 0.1) is 17.2 Å². The molecule has 0 spiro atoms. The third kappa shape index (κ3) is 8.73. The Morgan fingerprint density at radius 1 is 0.761 bits per heavy atom. The molecule has 46 heavy (non-hydrogen) atoms. The quantitative estimate of drug-likeness (QED) is 0.293. The van der Waals surface area contributed by atoms with Crippen LogP contribution in [0.25, 0.3) is 10.8 Å². The predicted octanol–water partition coefficient (Wildman–Crippen LogP) is 7.79. The van der Waals surface area contributed by atoms with Gasteiger partial charge in [-0.2, -0.15) is 5.26 Å². The minimum absolute atomic E-state index is 0.730. The second kappa shape index (κ2) is 17.8. The van der Waals surface area contributed by atoms with Crippen molar-refractivity contribution < 1.29 is 0 Å². The Balaban J connectivity index is 0.000000659. The molecule has 2 aromatic carbocycles. The van der Waals surface area contributed by atoms with E-state index in [9.17, 15) is 5.26 Å². The smallest absolute Gasteiger partial charge is 0.149 e. The number of nitriles is 1. The van der Waals surface area contributed by atoms with Gasteiger partial charge in [0.15, 0.2) is 0 Å². The normalized spacial score (nSPS) is 16.3. The monoisotopic (exact) mass is 625 g/mol. The van der Waals surface area contributed by atoms with Crippen LogP contribution in [0.4, 0.5) is 17.3 Å². The summed E-state index contributed by atoms with van der Waals surface area (Å²) in [5.41, 5.74) is 5.56. The number of hydrogen-bond donors (Lipinski definition) is 0. The molecule has 7 heteroatoms. The average Bonchev–Trinajstić information content (AvgIpc) is 3.09. The number of aromatic nitrogens is 1. The van der Waals surface area contributed by atoms with Crippen LogP contribution < -0.4 is 14.7 Å². The van der Waals surface area contributed by atoms with Crippen LogP contribution in [0.1, 0.15) is 72.1 Å². The molecule has 6 rings (SSSR count). The summed E-state index contributed by atoms with van der Waals surface area (Å²) in [6.07, 6.45) is 0.888. The highest BCUT2D eigenvalue weighted by Crippen LogP contribution is 2.38. The third-order valence-corrected chi connectivity index (χ3v) is 8.49. The molecule has 0 aliphatic carbocycles. The number of allylic oxidation sites excluding steroid dienone is 1. The molecule has 0 bridgehead atoms. The van der Waals surface area contributed by atoms with E-state index in [1.54, 1.807) is 0 Å². The molecule has 7 nitrogen and oxygen atoms in total. The van der Waals surface area contributed by atoms with E-state index in [1.807, 2.05) is 27.7 Å². The molecule has 0 amide bonds. The van der Waals surface area contributed by atoms with Crippen molar-refractivity contribution in [3.05, 3.63) is 71.4 Å². The van der Waals surface area contributed by atoms with E-state index < -0.39 is 0 Å². The van der Waals surface area contributed by atoms with Gasteiger partial charge in [0.25, 0.3) is 0 Å². The third-order valence-electron chi connectivity index (χ3n) is 8.49. The molecule has 250 valence electrons. The van der Waals surface area contributed by atoms with Gasteiger partial charge in [-0.3, -0.25) is 0 Å². The summed E-state index contributed by atoms with van der Waals surface area (Å²) in [7, 11) is 2.16. The fraction of sp³-hybridized carbons (Fsp3) is 0.538. The Kier molecular flexibility index (Phi) is 14.2. The maximum Gasteiger partial charge on any atom is 0.149 e. The van der Waals surface area contributed by atoms with Crippen LogP contribution >= 0.6 is 0 Å². The summed E-state index contributed by atoms with van der Waals surface area (Å²) in [4.78, 5) is 17.3. The Hall–Kier alpha value is -3.76. The fourth-order valence-electron chi connectivity index (χ4n) is 6.21. The van der Waals surface area contributed by atoms with Crippen LogP contribution in [0.3, 0.4) is 0 Å². The molecule has 0 atom stereocenters. The number of anilines is 3. The van der Waals surface area contributed by atoms with Crippen molar-refractivity contribution in [2.24, 2.45) is 5.92 Å². The number of likely N-dealkylation sites (N-methyl/N-ethyl adjacent to an activating group) is 1. The Labute approximate surface area is 280 Å². The Morgan fingerprint density at radius 2 is 1.33 bits per heavy atom. The lowest BCUT2D eigenvalue weighted by atomic mass is 9.94. The molecule has 0 N–H and O–H groups in total. The SMILES string of the molecule is C=C(C)N1CCN(c2nc(N3CCN(C)CC3)c(C#N)c3c2CCN(c2cccc4ccccc24)C3)CC1.CC.CC.CC(C)C. The summed E-state index contributed by atoms with van der Waals surface area (Å²) < 4.78 is 0. The van der Waals surface area contributed by atoms with Gasteiger partial charge in [0.2, 0.25) is 0 Å². The van der Waals surface area contributed by atoms with E-state index in [2.05, 4.69) is 114 Å². The standard InChI is InChI=1S/C31H37N7.C4H10.2C2H6/c1-23(2)35-17-19-37(20-18-35)30-26-11-12-38(29-10-6-8-24-7-4-5-9-25(24)29)22-28(26)27(21-32)31(33-30)36-15-13-34(3)14-16-36;1-4(2)3;2*1-2/h4-10H,1,11-20,22H2,2-3H3;4H,1-3H3;2*1-2H3. The van der Waals surface area contributed by atoms with E-state index in [0.717, 1.165) is 106 Å². The minimum atomic E-state index is 0.730. The van der Waals surface area contributed by atoms with Gasteiger partial charge in [-0.1, -0.05) is 91.4 Å². The zero-order valence-electron chi connectivity index (χ0n) is 30.2. The molecule has 1 aromatic heterocycles. The molecule has 3 aliphatic heterocycles. The molecule has 0 saturated carbocycles. The van der Waals surface area contributed by atoms with Crippen molar-refractivity contribution in [2.75, 3.05) is 80.7 Å². The van der Waals surface area contributed by atoms with Crippen LogP contribution in [0.2, 0.25) is 0 Å². The van der Waals surface area contributed by atoms with Gasteiger partial charge in [0.1, 0.15) is 17.7 Å². The summed E-state index contributed by atoms with van der Waals surface area (Å²) in [5, 5.41) is 13.0.